The van der Waals surface area contributed by atoms with E-state index in [-0.39, 0.29) is 5.91 Å². The first kappa shape index (κ1) is 24.3. The molecule has 0 bridgehead atoms. The number of amides is 1. The van der Waals surface area contributed by atoms with Gasteiger partial charge in [-0.3, -0.25) is 9.69 Å². The molecule has 3 aromatic rings. The first-order valence-electron chi connectivity index (χ1n) is 10.1. The zero-order valence-corrected chi connectivity index (χ0v) is 23.0. The van der Waals surface area contributed by atoms with E-state index in [1.165, 1.54) is 11.8 Å². The topological polar surface area (TPSA) is 38.8 Å². The summed E-state index contributed by atoms with van der Waals surface area (Å²) in [5, 5.41) is 0. The fourth-order valence-corrected chi connectivity index (χ4v) is 5.57. The van der Waals surface area contributed by atoms with Gasteiger partial charge in [0.05, 0.1) is 20.8 Å². The Balaban J connectivity index is 1.59. The number of thiocarbonyl (C=S) groups is 1. The van der Waals surface area contributed by atoms with Gasteiger partial charge in [-0.2, -0.15) is 0 Å². The molecule has 0 aromatic heterocycles. The Kier molecular flexibility index (Phi) is 8.11. The molecule has 1 fully saturated rings. The highest BCUT2D eigenvalue weighted by Gasteiger charge is 2.33. The molecule has 0 aliphatic carbocycles. The minimum absolute atomic E-state index is 0.125. The minimum Gasteiger partial charge on any atom is -0.490 e. The number of rotatable bonds is 7. The van der Waals surface area contributed by atoms with Crippen LogP contribution < -0.4 is 14.4 Å². The van der Waals surface area contributed by atoms with Gasteiger partial charge in [0.1, 0.15) is 6.61 Å². The van der Waals surface area contributed by atoms with Crippen LogP contribution in [-0.4, -0.2) is 16.8 Å². The average Bonchev–Trinajstić information content (AvgIpc) is 3.08. The highest BCUT2D eigenvalue weighted by molar-refractivity contribution is 14.1. The molecule has 1 heterocycles. The van der Waals surface area contributed by atoms with E-state index in [0.717, 1.165) is 24.9 Å². The average molecular weight is 652 g/mol. The van der Waals surface area contributed by atoms with Crippen LogP contribution in [0.5, 0.6) is 11.5 Å². The van der Waals surface area contributed by atoms with Crippen LogP contribution in [-0.2, 0) is 11.4 Å². The van der Waals surface area contributed by atoms with Gasteiger partial charge in [-0.1, -0.05) is 70.2 Å². The van der Waals surface area contributed by atoms with Crippen LogP contribution >= 0.6 is 62.5 Å². The number of nitrogens with zero attached hydrogens (tertiary/aromatic N) is 1. The summed E-state index contributed by atoms with van der Waals surface area (Å²) in [6.45, 7) is 2.87. The standard InChI is InChI=1S/C25H19BrINO3S2/c1-2-30-21-13-17(12-20(27)23(21)31-15-16-8-10-18(26)11-9-16)14-22-24(29)28(25(32)33-22)19-6-4-3-5-7-19/h3-14H,2,15H2,1H3/b22-14+. The molecule has 8 heteroatoms. The fourth-order valence-electron chi connectivity index (χ4n) is 3.23. The predicted octanol–water partition coefficient (Wildman–Crippen LogP) is 7.44. The molecule has 4 nitrogen and oxygen atoms in total. The number of ether oxygens (including phenoxy) is 2. The number of halogens is 2. The van der Waals surface area contributed by atoms with Gasteiger partial charge in [0.2, 0.25) is 0 Å². The molecule has 0 spiro atoms. The van der Waals surface area contributed by atoms with Crippen LogP contribution in [0, 0.1) is 3.57 Å². The number of carbonyl (C=O) groups is 1. The van der Waals surface area contributed by atoms with Crippen molar-refractivity contribution in [2.24, 2.45) is 0 Å². The Hall–Kier alpha value is -1.88. The van der Waals surface area contributed by atoms with Crippen molar-refractivity contribution in [2.45, 2.75) is 13.5 Å². The van der Waals surface area contributed by atoms with Crippen LogP contribution in [0.25, 0.3) is 6.08 Å². The number of carbonyl (C=O) groups excluding carboxylic acids is 1. The maximum atomic E-state index is 13.1. The molecule has 1 aliphatic heterocycles. The maximum absolute atomic E-state index is 13.1. The highest BCUT2D eigenvalue weighted by atomic mass is 127. The summed E-state index contributed by atoms with van der Waals surface area (Å²) in [6.07, 6.45) is 1.85. The summed E-state index contributed by atoms with van der Waals surface area (Å²) in [6, 6.07) is 21.3. The van der Waals surface area contributed by atoms with Crippen molar-refractivity contribution in [1.82, 2.24) is 0 Å². The molecule has 4 rings (SSSR count). The van der Waals surface area contributed by atoms with Crippen molar-refractivity contribution in [2.75, 3.05) is 11.5 Å². The Morgan fingerprint density at radius 2 is 1.82 bits per heavy atom. The first-order chi connectivity index (χ1) is 16.0. The number of anilines is 1. The summed E-state index contributed by atoms with van der Waals surface area (Å²) in [5.74, 6) is 1.21. The van der Waals surface area contributed by atoms with E-state index < -0.39 is 0 Å². The van der Waals surface area contributed by atoms with Crippen molar-refractivity contribution in [3.63, 3.8) is 0 Å². The summed E-state index contributed by atoms with van der Waals surface area (Å²) in [5.41, 5.74) is 2.68. The lowest BCUT2D eigenvalue weighted by Gasteiger charge is -2.15. The molecule has 1 aliphatic rings. The number of hydrogen-bond donors (Lipinski definition) is 0. The third-order valence-electron chi connectivity index (χ3n) is 4.73. The molecule has 0 saturated carbocycles. The second kappa shape index (κ2) is 11.0. The third kappa shape index (κ3) is 5.79. The Bertz CT molecular complexity index is 1220. The summed E-state index contributed by atoms with van der Waals surface area (Å²) >= 11 is 12.5. The van der Waals surface area contributed by atoms with Gasteiger partial charge in [-0.25, -0.2) is 0 Å². The summed E-state index contributed by atoms with van der Waals surface area (Å²) < 4.78 is 14.4. The summed E-state index contributed by atoms with van der Waals surface area (Å²) in [7, 11) is 0. The molecular weight excluding hydrogens is 633 g/mol. The second-order valence-corrected chi connectivity index (χ2v) is 10.8. The van der Waals surface area contributed by atoms with E-state index >= 15 is 0 Å². The van der Waals surface area contributed by atoms with Gasteiger partial charge in [0.25, 0.3) is 5.91 Å². The van der Waals surface area contributed by atoms with Gasteiger partial charge < -0.3 is 9.47 Å². The van der Waals surface area contributed by atoms with Crippen molar-refractivity contribution < 1.29 is 14.3 Å². The fraction of sp³-hybridized carbons (Fsp3) is 0.120. The van der Waals surface area contributed by atoms with Crippen LogP contribution in [0.2, 0.25) is 0 Å². The number of para-hydroxylation sites is 1. The van der Waals surface area contributed by atoms with Gasteiger partial charge in [0, 0.05) is 4.47 Å². The van der Waals surface area contributed by atoms with E-state index in [1.807, 2.05) is 79.7 Å². The van der Waals surface area contributed by atoms with Crippen molar-refractivity contribution in [3.05, 3.63) is 90.8 Å². The minimum atomic E-state index is -0.125. The predicted molar refractivity (Wildman–Crippen MR) is 151 cm³/mol. The number of hydrogen-bond acceptors (Lipinski definition) is 5. The monoisotopic (exact) mass is 651 g/mol. The number of thioether (sulfide) groups is 1. The van der Waals surface area contributed by atoms with Crippen molar-refractivity contribution >= 4 is 84.5 Å². The van der Waals surface area contributed by atoms with Crippen LogP contribution in [0.1, 0.15) is 18.1 Å². The smallest absolute Gasteiger partial charge is 0.270 e. The SMILES string of the molecule is CCOc1cc(/C=C2/SC(=S)N(c3ccccc3)C2=O)cc(I)c1OCc1ccc(Br)cc1. The summed E-state index contributed by atoms with van der Waals surface area (Å²) in [4.78, 5) is 15.2. The number of benzene rings is 3. The first-order valence-corrected chi connectivity index (χ1v) is 13.2. The van der Waals surface area contributed by atoms with Crippen LogP contribution in [0.3, 0.4) is 0 Å². The lowest BCUT2D eigenvalue weighted by atomic mass is 10.1. The zero-order chi connectivity index (χ0) is 23.4. The molecule has 1 amide bonds. The molecule has 168 valence electrons. The van der Waals surface area contributed by atoms with Crippen LogP contribution in [0.15, 0.2) is 76.1 Å². The Morgan fingerprint density at radius 1 is 1.09 bits per heavy atom. The highest BCUT2D eigenvalue weighted by Crippen LogP contribution is 2.39. The molecule has 0 radical (unpaired) electrons. The molecule has 3 aromatic carbocycles. The molecule has 0 atom stereocenters. The third-order valence-corrected chi connectivity index (χ3v) is 7.37. The van der Waals surface area contributed by atoms with E-state index in [2.05, 4.69) is 38.5 Å². The van der Waals surface area contributed by atoms with E-state index in [0.29, 0.717) is 33.9 Å². The van der Waals surface area contributed by atoms with E-state index in [1.54, 1.807) is 4.90 Å². The lowest BCUT2D eigenvalue weighted by molar-refractivity contribution is -0.113. The molecule has 0 unspecified atom stereocenters. The molecule has 1 saturated heterocycles. The quantitative estimate of drug-likeness (QED) is 0.151. The van der Waals surface area contributed by atoms with Crippen molar-refractivity contribution in [1.29, 1.82) is 0 Å². The lowest BCUT2D eigenvalue weighted by Crippen LogP contribution is -2.27. The Morgan fingerprint density at radius 3 is 2.52 bits per heavy atom. The molecule has 33 heavy (non-hydrogen) atoms. The maximum Gasteiger partial charge on any atom is 0.270 e. The van der Waals surface area contributed by atoms with Crippen molar-refractivity contribution in [3.8, 4) is 11.5 Å². The van der Waals surface area contributed by atoms with E-state index in [9.17, 15) is 4.79 Å². The van der Waals surface area contributed by atoms with Gasteiger partial charge in [0.15, 0.2) is 15.8 Å². The largest absolute Gasteiger partial charge is 0.490 e. The molecule has 0 N–H and O–H groups in total. The second-order valence-electron chi connectivity index (χ2n) is 7.03. The zero-order valence-electron chi connectivity index (χ0n) is 17.6. The van der Waals surface area contributed by atoms with Gasteiger partial charge in [-0.15, -0.1) is 0 Å². The van der Waals surface area contributed by atoms with Gasteiger partial charge in [-0.05, 0) is 83.1 Å². The molecular formula is C25H19BrINO3S2. The van der Waals surface area contributed by atoms with Crippen LogP contribution in [0.4, 0.5) is 5.69 Å². The van der Waals surface area contributed by atoms with Gasteiger partial charge >= 0.3 is 0 Å². The normalized spacial score (nSPS) is 14.8. The van der Waals surface area contributed by atoms with E-state index in [4.69, 9.17) is 21.7 Å². The Labute approximate surface area is 224 Å².